The molecule has 0 unspecified atom stereocenters. The molecule has 0 saturated heterocycles. The number of carbonyl (C=O) groups excluding carboxylic acids is 10. The molecule has 0 saturated carbocycles. The molecule has 338 valence electrons. The van der Waals surface area contributed by atoms with Crippen LogP contribution >= 0.6 is 0 Å². The second-order valence-corrected chi connectivity index (χ2v) is 13.9. The van der Waals surface area contributed by atoms with Gasteiger partial charge >= 0.3 is 5.97 Å². The zero-order chi connectivity index (χ0) is 46.6. The van der Waals surface area contributed by atoms with Crippen LogP contribution in [0.15, 0.2) is 24.3 Å². The summed E-state index contributed by atoms with van der Waals surface area (Å²) in [5, 5.41) is 45.0. The first-order valence-corrected chi connectivity index (χ1v) is 18.8. The van der Waals surface area contributed by atoms with Crippen LogP contribution in [-0.4, -0.2) is 136 Å². The van der Waals surface area contributed by atoms with Gasteiger partial charge in [0.1, 0.15) is 42.0 Å². The zero-order valence-corrected chi connectivity index (χ0v) is 33.7. The van der Waals surface area contributed by atoms with Gasteiger partial charge in [-0.05, 0) is 37.0 Å². The molecular formula is C36H55N11O14. The van der Waals surface area contributed by atoms with Gasteiger partial charge in [0.15, 0.2) is 0 Å². The Bertz CT molecular complexity index is 1780. The number of phenolic OH excluding ortho intramolecular Hbond substituents is 1. The highest BCUT2D eigenvalue weighted by atomic mass is 16.4. The summed E-state index contributed by atoms with van der Waals surface area (Å²) >= 11 is 0. The van der Waals surface area contributed by atoms with E-state index < -0.39 is 152 Å². The monoisotopic (exact) mass is 865 g/mol. The molecule has 0 aliphatic heterocycles. The van der Waals surface area contributed by atoms with Crippen LogP contribution in [-0.2, 0) is 59.2 Å². The molecular weight excluding hydrogens is 810 g/mol. The van der Waals surface area contributed by atoms with E-state index in [4.69, 9.17) is 22.9 Å². The number of aliphatic carboxylic acids is 1. The number of hydrogen-bond donors (Lipinski definition) is 14. The maximum absolute atomic E-state index is 13.9. The predicted octanol–water partition coefficient (Wildman–Crippen LogP) is -6.55. The summed E-state index contributed by atoms with van der Waals surface area (Å²) in [4.78, 5) is 139. The Balaban J connectivity index is 3.43. The lowest BCUT2D eigenvalue weighted by Crippen LogP contribution is -2.60. The third-order valence-electron chi connectivity index (χ3n) is 8.88. The van der Waals surface area contributed by atoms with Crippen LogP contribution < -0.4 is 60.2 Å². The van der Waals surface area contributed by atoms with Crippen LogP contribution in [0, 0.1) is 5.92 Å². The van der Waals surface area contributed by atoms with Crippen molar-refractivity contribution in [2.24, 2.45) is 28.9 Å². The SMILES string of the molecule is CC[C@H](C)[C@H](NC(=O)[C@H](Cc1ccc(O)cc1)NC(=O)[C@H](CCC(N)=O)NC(=O)[C@H](CC(N)=O)NC(=O)CNC(=O)[C@@H](NC(=O)CN)[C@@H](C)O)C(=O)N[C@@H](CC(N)=O)C(=O)O. The number of amides is 10. The topological polar surface area (TPSA) is 437 Å². The van der Waals surface area contributed by atoms with E-state index in [2.05, 4.69) is 37.2 Å². The number of nitrogens with two attached hydrogens (primary N) is 4. The third-order valence-corrected chi connectivity index (χ3v) is 8.88. The van der Waals surface area contributed by atoms with Gasteiger partial charge in [-0.2, -0.15) is 0 Å². The molecule has 0 aromatic heterocycles. The smallest absolute Gasteiger partial charge is 0.326 e. The van der Waals surface area contributed by atoms with Gasteiger partial charge in [0, 0.05) is 12.8 Å². The highest BCUT2D eigenvalue weighted by Gasteiger charge is 2.35. The first-order chi connectivity index (χ1) is 28.5. The summed E-state index contributed by atoms with van der Waals surface area (Å²) in [6, 6.07) is -4.35. The maximum Gasteiger partial charge on any atom is 0.326 e. The summed E-state index contributed by atoms with van der Waals surface area (Å²) in [5.74, 6) is -12.6. The number of carboxylic acids is 1. The highest BCUT2D eigenvalue weighted by molar-refractivity contribution is 5.98. The number of nitrogens with one attached hydrogen (secondary N) is 7. The van der Waals surface area contributed by atoms with E-state index in [1.54, 1.807) is 13.8 Å². The number of phenols is 1. The molecule has 1 rings (SSSR count). The van der Waals surface area contributed by atoms with Crippen molar-refractivity contribution < 1.29 is 68.1 Å². The quantitative estimate of drug-likeness (QED) is 0.0391. The van der Waals surface area contributed by atoms with Gasteiger partial charge in [0.05, 0.1) is 32.0 Å². The summed E-state index contributed by atoms with van der Waals surface area (Å²) in [6.45, 7) is 3.04. The van der Waals surface area contributed by atoms with E-state index in [0.29, 0.717) is 5.56 Å². The van der Waals surface area contributed by atoms with Crippen LogP contribution in [0.2, 0.25) is 0 Å². The molecule has 8 atom stereocenters. The summed E-state index contributed by atoms with van der Waals surface area (Å²) in [6.07, 6.45) is -4.06. The molecule has 0 heterocycles. The number of aliphatic hydroxyl groups excluding tert-OH is 1. The predicted molar refractivity (Wildman–Crippen MR) is 210 cm³/mol. The summed E-state index contributed by atoms with van der Waals surface area (Å²) in [7, 11) is 0. The van der Waals surface area contributed by atoms with Crippen LogP contribution in [0.5, 0.6) is 5.75 Å². The van der Waals surface area contributed by atoms with E-state index in [1.165, 1.54) is 31.2 Å². The van der Waals surface area contributed by atoms with Gasteiger partial charge in [-0.1, -0.05) is 32.4 Å². The molecule has 0 fully saturated rings. The van der Waals surface area contributed by atoms with E-state index in [-0.39, 0.29) is 18.6 Å². The highest BCUT2D eigenvalue weighted by Crippen LogP contribution is 2.14. The zero-order valence-electron chi connectivity index (χ0n) is 33.7. The van der Waals surface area contributed by atoms with Crippen LogP contribution in [0.3, 0.4) is 0 Å². The summed E-state index contributed by atoms with van der Waals surface area (Å²) in [5.41, 5.74) is 21.3. The van der Waals surface area contributed by atoms with E-state index >= 15 is 0 Å². The fourth-order valence-corrected chi connectivity index (χ4v) is 5.37. The molecule has 10 amide bonds. The Morgan fingerprint density at radius 2 is 1.15 bits per heavy atom. The average Bonchev–Trinajstić information content (AvgIpc) is 3.18. The van der Waals surface area contributed by atoms with Crippen LogP contribution in [0.4, 0.5) is 0 Å². The van der Waals surface area contributed by atoms with Gasteiger partial charge in [0.2, 0.25) is 59.1 Å². The lowest BCUT2D eigenvalue weighted by Gasteiger charge is -2.29. The minimum absolute atomic E-state index is 0.139. The molecule has 0 spiro atoms. The summed E-state index contributed by atoms with van der Waals surface area (Å²) < 4.78 is 0. The number of benzene rings is 1. The lowest BCUT2D eigenvalue weighted by molar-refractivity contribution is -0.144. The molecule has 25 nitrogen and oxygen atoms in total. The number of rotatable bonds is 27. The Labute approximate surface area is 349 Å². The van der Waals surface area contributed by atoms with E-state index in [0.717, 1.165) is 0 Å². The molecule has 0 radical (unpaired) electrons. The third kappa shape index (κ3) is 19.2. The Morgan fingerprint density at radius 1 is 0.623 bits per heavy atom. The van der Waals surface area contributed by atoms with Crippen molar-refractivity contribution in [3.05, 3.63) is 29.8 Å². The number of carboxylic acid groups (broad SMARTS) is 1. The molecule has 18 N–H and O–H groups in total. The van der Waals surface area contributed by atoms with Gasteiger partial charge < -0.3 is 75.5 Å². The first-order valence-electron chi connectivity index (χ1n) is 18.8. The lowest BCUT2D eigenvalue weighted by atomic mass is 9.96. The molecule has 61 heavy (non-hydrogen) atoms. The van der Waals surface area contributed by atoms with Crippen molar-refractivity contribution in [1.29, 1.82) is 0 Å². The Kier molecular flexibility index (Phi) is 21.8. The van der Waals surface area contributed by atoms with Crippen molar-refractivity contribution in [3.63, 3.8) is 0 Å². The van der Waals surface area contributed by atoms with Crippen molar-refractivity contribution >= 4 is 65.0 Å². The molecule has 1 aromatic carbocycles. The van der Waals surface area contributed by atoms with E-state index in [1.807, 2.05) is 0 Å². The minimum Gasteiger partial charge on any atom is -0.508 e. The number of aliphatic hydroxyl groups is 1. The second kappa shape index (κ2) is 25.6. The molecule has 0 bridgehead atoms. The molecule has 1 aromatic rings. The molecule has 0 aliphatic rings. The number of aromatic hydroxyl groups is 1. The van der Waals surface area contributed by atoms with Gasteiger partial charge in [-0.15, -0.1) is 0 Å². The number of hydrogen-bond acceptors (Lipinski definition) is 14. The normalized spacial score (nSPS) is 14.7. The van der Waals surface area contributed by atoms with Crippen LogP contribution in [0.25, 0.3) is 0 Å². The fraction of sp³-hybridized carbons (Fsp3) is 0.528. The Morgan fingerprint density at radius 3 is 1.66 bits per heavy atom. The van der Waals surface area contributed by atoms with Gasteiger partial charge in [-0.25, -0.2) is 4.79 Å². The second-order valence-electron chi connectivity index (χ2n) is 13.9. The van der Waals surface area contributed by atoms with Crippen molar-refractivity contribution in [3.8, 4) is 5.75 Å². The largest absolute Gasteiger partial charge is 0.508 e. The van der Waals surface area contributed by atoms with Gasteiger partial charge in [0.25, 0.3) is 0 Å². The maximum atomic E-state index is 13.9. The Hall–Kier alpha value is -6.89. The number of carbonyl (C=O) groups is 11. The van der Waals surface area contributed by atoms with E-state index in [9.17, 15) is 68.1 Å². The minimum atomic E-state index is -1.79. The van der Waals surface area contributed by atoms with Gasteiger partial charge in [-0.3, -0.25) is 47.9 Å². The standard InChI is InChI=1S/C36H55N11O14/c1-4-16(2)29(35(59)45-23(36(60)61)13-26(40)52)47-33(57)21(11-18-5-7-19(49)8-6-18)44-31(55)20(9-10-24(38)50)43-32(56)22(12-25(39)51)42-28(54)15-41-34(58)30(17(3)48)46-27(53)14-37/h5-8,16-17,20-23,29-30,48-49H,4,9-15,37H2,1-3H3,(H2,38,50)(H2,39,51)(H2,40,52)(H,41,58)(H,42,54)(H,43,56)(H,44,55)(H,45,59)(H,46,53)(H,47,57)(H,60,61)/t16-,17+,20-,21-,22-,23-,29-,30-/m0/s1. The fourth-order valence-electron chi connectivity index (χ4n) is 5.37. The van der Waals surface area contributed by atoms with Crippen LogP contribution in [0.1, 0.15) is 58.4 Å². The van der Waals surface area contributed by atoms with Crippen molar-refractivity contribution in [2.75, 3.05) is 13.1 Å². The van der Waals surface area contributed by atoms with Crippen molar-refractivity contribution in [2.45, 2.75) is 102 Å². The molecule has 25 heteroatoms. The first kappa shape index (κ1) is 52.1. The van der Waals surface area contributed by atoms with Crippen molar-refractivity contribution in [1.82, 2.24) is 37.2 Å². The average molecular weight is 866 g/mol. The molecule has 0 aliphatic carbocycles. The number of primary amides is 3.